The van der Waals surface area contributed by atoms with Crippen molar-refractivity contribution in [1.82, 2.24) is 10.2 Å². The fourth-order valence-corrected chi connectivity index (χ4v) is 4.24. The van der Waals surface area contributed by atoms with Crippen LogP contribution >= 0.6 is 0 Å². The summed E-state index contributed by atoms with van der Waals surface area (Å²) >= 11 is 0. The molecule has 38 heavy (non-hydrogen) atoms. The van der Waals surface area contributed by atoms with Crippen molar-refractivity contribution in [2.75, 3.05) is 19.6 Å². The number of carbonyl (C=O) groups excluding carboxylic acids is 3. The van der Waals surface area contributed by atoms with Gasteiger partial charge in [0.25, 0.3) is 11.8 Å². The van der Waals surface area contributed by atoms with E-state index in [1.54, 1.807) is 24.0 Å². The van der Waals surface area contributed by atoms with E-state index in [1.807, 2.05) is 13.8 Å². The molecule has 2 atom stereocenters. The van der Waals surface area contributed by atoms with Gasteiger partial charge in [-0.3, -0.25) is 14.4 Å². The number of ketones is 1. The molecule has 0 aromatic heterocycles. The highest BCUT2D eigenvalue weighted by molar-refractivity contribution is 6.01. The predicted molar refractivity (Wildman–Crippen MR) is 141 cm³/mol. The third-order valence-corrected chi connectivity index (χ3v) is 6.00. The number of benzene rings is 2. The normalized spacial score (nSPS) is 12.5. The minimum absolute atomic E-state index is 0.0139. The summed E-state index contributed by atoms with van der Waals surface area (Å²) in [4.78, 5) is 41.2. The maximum Gasteiger partial charge on any atom is 0.253 e. The van der Waals surface area contributed by atoms with Gasteiger partial charge in [-0.25, -0.2) is 14.3 Å². The fraction of sp³-hybridized carbons (Fsp3) is 0.464. The van der Waals surface area contributed by atoms with E-state index in [4.69, 9.17) is 11.3 Å². The second kappa shape index (κ2) is 15.0. The van der Waals surface area contributed by atoms with Crippen molar-refractivity contribution in [3.63, 3.8) is 0 Å². The van der Waals surface area contributed by atoms with Crippen LogP contribution < -0.4 is 11.1 Å². The molecular weight excluding hydrogens is 492 g/mol. The second-order valence-electron chi connectivity index (χ2n) is 9.49. The molecule has 10 heteroatoms. The maximum atomic E-state index is 13.8. The van der Waals surface area contributed by atoms with E-state index >= 15 is 0 Å². The Morgan fingerprint density at radius 3 is 2.18 bits per heavy atom. The molecule has 0 saturated heterocycles. The predicted octanol–water partition coefficient (Wildman–Crippen LogP) is 4.58. The Morgan fingerprint density at radius 2 is 1.61 bits per heavy atom. The molecule has 0 spiro atoms. The first kappa shape index (κ1) is 30.7. The van der Waals surface area contributed by atoms with Gasteiger partial charge in [-0.1, -0.05) is 13.8 Å². The summed E-state index contributed by atoms with van der Waals surface area (Å²) in [6.07, 6.45) is 1.69. The van der Waals surface area contributed by atoms with E-state index in [-0.39, 0.29) is 48.6 Å². The number of nitrogens with one attached hydrogen (secondary N) is 2. The molecule has 0 aliphatic heterocycles. The lowest BCUT2D eigenvalue weighted by Crippen LogP contribution is -2.43. The zero-order chi connectivity index (χ0) is 28.2. The SMILES string of the molecule is CCCN(CCC)C(=O)c1cc(C)cc(C(=O)NC(Cc2cc(F)cc(F)c2)C(=O)CCC(N)CN=N)c1. The summed E-state index contributed by atoms with van der Waals surface area (Å²) in [5, 5.41) is 5.92. The highest BCUT2D eigenvalue weighted by atomic mass is 19.1. The van der Waals surface area contributed by atoms with Crippen LogP contribution in [0.3, 0.4) is 0 Å². The minimum atomic E-state index is -1.08. The van der Waals surface area contributed by atoms with Crippen LogP contribution in [0.1, 0.15) is 71.4 Å². The van der Waals surface area contributed by atoms with E-state index in [0.717, 1.165) is 31.0 Å². The van der Waals surface area contributed by atoms with Crippen LogP contribution in [0.15, 0.2) is 41.5 Å². The highest BCUT2D eigenvalue weighted by Gasteiger charge is 2.24. The Morgan fingerprint density at radius 1 is 1.00 bits per heavy atom. The van der Waals surface area contributed by atoms with Crippen LogP contribution in [0.4, 0.5) is 8.78 Å². The first-order valence-corrected chi connectivity index (χ1v) is 12.9. The molecule has 0 fully saturated rings. The quantitative estimate of drug-likeness (QED) is 0.292. The van der Waals surface area contributed by atoms with E-state index < -0.39 is 29.6 Å². The fourth-order valence-electron chi connectivity index (χ4n) is 4.24. The van der Waals surface area contributed by atoms with Crippen molar-refractivity contribution in [2.24, 2.45) is 10.8 Å². The second-order valence-corrected chi connectivity index (χ2v) is 9.49. The number of carbonyl (C=O) groups is 3. The number of nitrogens with two attached hydrogens (primary N) is 1. The largest absolute Gasteiger partial charge is 0.342 e. The first-order chi connectivity index (χ1) is 18.1. The number of amides is 2. The number of aryl methyl sites for hydroxylation is 1. The Kier molecular flexibility index (Phi) is 12.1. The van der Waals surface area contributed by atoms with Gasteiger partial charge in [0.1, 0.15) is 11.6 Å². The number of nitrogens with zero attached hydrogens (tertiary/aromatic N) is 2. The third kappa shape index (κ3) is 9.41. The van der Waals surface area contributed by atoms with E-state index in [0.29, 0.717) is 24.2 Å². The molecule has 0 aliphatic carbocycles. The molecule has 2 aromatic rings. The van der Waals surface area contributed by atoms with Crippen LogP contribution in [0, 0.1) is 24.1 Å². The molecule has 0 heterocycles. The van der Waals surface area contributed by atoms with Crippen molar-refractivity contribution in [3.05, 3.63) is 70.3 Å². The summed E-state index contributed by atoms with van der Waals surface area (Å²) in [5.41, 5.74) is 14.3. The zero-order valence-corrected chi connectivity index (χ0v) is 22.2. The molecule has 4 N–H and O–H groups in total. The third-order valence-electron chi connectivity index (χ3n) is 6.00. The van der Waals surface area contributed by atoms with Crippen LogP contribution in [-0.2, 0) is 11.2 Å². The lowest BCUT2D eigenvalue weighted by molar-refractivity contribution is -0.121. The van der Waals surface area contributed by atoms with Crippen molar-refractivity contribution in [3.8, 4) is 0 Å². The van der Waals surface area contributed by atoms with Crippen molar-refractivity contribution in [1.29, 1.82) is 5.53 Å². The lowest BCUT2D eigenvalue weighted by atomic mass is 9.97. The van der Waals surface area contributed by atoms with Gasteiger partial charge in [-0.15, -0.1) is 0 Å². The molecule has 0 radical (unpaired) electrons. The number of rotatable bonds is 15. The molecule has 8 nitrogen and oxygen atoms in total. The number of Topliss-reactive ketones (excluding diaryl/α,β-unsaturated/α-hetero) is 1. The molecule has 2 rings (SSSR count). The molecule has 2 amide bonds. The lowest BCUT2D eigenvalue weighted by Gasteiger charge is -2.22. The molecule has 2 aromatic carbocycles. The van der Waals surface area contributed by atoms with Crippen LogP contribution in [-0.4, -0.2) is 54.2 Å². The molecule has 0 bridgehead atoms. The Balaban J connectivity index is 2.31. The van der Waals surface area contributed by atoms with Crippen molar-refractivity contribution < 1.29 is 23.2 Å². The van der Waals surface area contributed by atoms with E-state index in [9.17, 15) is 23.2 Å². The summed E-state index contributed by atoms with van der Waals surface area (Å²) in [7, 11) is 0. The summed E-state index contributed by atoms with van der Waals surface area (Å²) in [6, 6.07) is 6.20. The highest BCUT2D eigenvalue weighted by Crippen LogP contribution is 2.16. The molecule has 206 valence electrons. The molecule has 2 unspecified atom stereocenters. The van der Waals surface area contributed by atoms with Gasteiger partial charge in [-0.2, -0.15) is 5.11 Å². The number of hydrogen-bond donors (Lipinski definition) is 3. The minimum Gasteiger partial charge on any atom is -0.342 e. The van der Waals surface area contributed by atoms with Crippen molar-refractivity contribution in [2.45, 2.75) is 65.0 Å². The topological polar surface area (TPSA) is 129 Å². The maximum absolute atomic E-state index is 13.8. The van der Waals surface area contributed by atoms with Gasteiger partial charge >= 0.3 is 0 Å². The number of halogens is 2. The van der Waals surface area contributed by atoms with E-state index in [1.165, 1.54) is 6.07 Å². The Labute approximate surface area is 222 Å². The van der Waals surface area contributed by atoms with Gasteiger partial charge in [0, 0.05) is 42.7 Å². The van der Waals surface area contributed by atoms with E-state index in [2.05, 4.69) is 10.4 Å². The van der Waals surface area contributed by atoms with Crippen LogP contribution in [0.25, 0.3) is 0 Å². The molecule has 0 saturated carbocycles. The molecule has 0 aliphatic rings. The monoisotopic (exact) mass is 529 g/mol. The average molecular weight is 530 g/mol. The van der Waals surface area contributed by atoms with Gasteiger partial charge in [0.15, 0.2) is 5.78 Å². The smallest absolute Gasteiger partial charge is 0.253 e. The van der Waals surface area contributed by atoms with Gasteiger partial charge in [0.2, 0.25) is 0 Å². The summed E-state index contributed by atoms with van der Waals surface area (Å²) < 4.78 is 27.6. The van der Waals surface area contributed by atoms with Gasteiger partial charge in [0.05, 0.1) is 12.6 Å². The Hall–Kier alpha value is -3.53. The summed E-state index contributed by atoms with van der Waals surface area (Å²) in [5.74, 6) is -2.71. The molecular formula is C28H37F2N5O3. The van der Waals surface area contributed by atoms with Crippen LogP contribution in [0.2, 0.25) is 0 Å². The van der Waals surface area contributed by atoms with Crippen molar-refractivity contribution >= 4 is 17.6 Å². The first-order valence-electron chi connectivity index (χ1n) is 12.9. The standard InChI is InChI=1S/C28H37F2N5O3/c1-4-8-35(9-5-2)28(38)21-11-18(3)10-20(15-21)27(37)34-25(26(36)7-6-24(31)17-33-32)14-19-12-22(29)16-23(30)13-19/h10-13,15-16,24-25,32H,4-9,14,17,31H2,1-3H3,(H,34,37). The van der Waals surface area contributed by atoms with Gasteiger partial charge in [-0.05, 0) is 74.1 Å². The zero-order valence-electron chi connectivity index (χ0n) is 22.2. The Bertz CT molecular complexity index is 1120. The van der Waals surface area contributed by atoms with Gasteiger partial charge < -0.3 is 16.0 Å². The summed E-state index contributed by atoms with van der Waals surface area (Å²) in [6.45, 7) is 7.00. The average Bonchev–Trinajstić information content (AvgIpc) is 2.85. The van der Waals surface area contributed by atoms with Crippen LogP contribution in [0.5, 0.6) is 0 Å². The number of hydrogen-bond acceptors (Lipinski definition) is 6.